The Bertz CT molecular complexity index is 662. The number of alkyl halides is 3. The number of nitrogen functional groups attached to an aromatic ring is 1. The van der Waals surface area contributed by atoms with Gasteiger partial charge in [0.2, 0.25) is 0 Å². The summed E-state index contributed by atoms with van der Waals surface area (Å²) in [6.07, 6.45) is -2.97. The molecule has 0 aliphatic heterocycles. The molecule has 1 aromatic carbocycles. The lowest BCUT2D eigenvalue weighted by molar-refractivity contribution is -0.136. The van der Waals surface area contributed by atoms with Crippen molar-refractivity contribution in [2.75, 3.05) is 11.1 Å². The molecule has 0 bridgehead atoms. The van der Waals surface area contributed by atoms with Crippen LogP contribution in [-0.2, 0) is 12.7 Å². The summed E-state index contributed by atoms with van der Waals surface area (Å²) in [5.41, 5.74) is 5.03. The molecule has 0 saturated heterocycles. The van der Waals surface area contributed by atoms with E-state index in [1.807, 2.05) is 0 Å². The monoisotopic (exact) mass is 297 g/mol. The molecule has 0 saturated carbocycles. The predicted octanol–water partition coefficient (Wildman–Crippen LogP) is 3.36. The van der Waals surface area contributed by atoms with Crippen LogP contribution in [0.1, 0.15) is 23.0 Å². The van der Waals surface area contributed by atoms with Gasteiger partial charge in [-0.05, 0) is 25.1 Å². The van der Waals surface area contributed by atoms with Gasteiger partial charge in [0, 0.05) is 12.7 Å². The lowest BCUT2D eigenvalue weighted by atomic mass is 10.1. The average Bonchev–Trinajstić information content (AvgIpc) is 2.79. The number of benzene rings is 1. The number of aromatic nitrogens is 1. The fourth-order valence-electron chi connectivity index (χ4n) is 2.01. The zero-order chi connectivity index (χ0) is 15.6. The minimum atomic E-state index is -4.53. The SMILES string of the molecule is CCn1cc(N)cc1C(=O)Nc1ccccc1C(F)(F)F. The molecule has 112 valence electrons. The summed E-state index contributed by atoms with van der Waals surface area (Å²) >= 11 is 0. The Morgan fingerprint density at radius 2 is 2.00 bits per heavy atom. The predicted molar refractivity (Wildman–Crippen MR) is 73.9 cm³/mol. The van der Waals surface area contributed by atoms with Crippen molar-refractivity contribution in [3.8, 4) is 0 Å². The van der Waals surface area contributed by atoms with E-state index < -0.39 is 17.6 Å². The maximum atomic E-state index is 12.9. The first kappa shape index (κ1) is 15.0. The van der Waals surface area contributed by atoms with Crippen molar-refractivity contribution in [1.82, 2.24) is 4.57 Å². The van der Waals surface area contributed by atoms with Crippen LogP contribution in [0.5, 0.6) is 0 Å². The number of nitrogens with two attached hydrogens (primary N) is 1. The summed E-state index contributed by atoms with van der Waals surface area (Å²) in [7, 11) is 0. The lowest BCUT2D eigenvalue weighted by Crippen LogP contribution is -2.19. The second-order valence-electron chi connectivity index (χ2n) is 4.44. The van der Waals surface area contributed by atoms with Crippen LogP contribution in [0.4, 0.5) is 24.5 Å². The number of para-hydroxylation sites is 1. The molecule has 21 heavy (non-hydrogen) atoms. The normalized spacial score (nSPS) is 11.4. The van der Waals surface area contributed by atoms with Gasteiger partial charge in [-0.1, -0.05) is 12.1 Å². The van der Waals surface area contributed by atoms with Crippen molar-refractivity contribution in [3.05, 3.63) is 47.8 Å². The van der Waals surface area contributed by atoms with Crippen LogP contribution in [0.3, 0.4) is 0 Å². The maximum absolute atomic E-state index is 12.9. The standard InChI is InChI=1S/C14H14F3N3O/c1-2-20-8-9(18)7-12(20)13(21)19-11-6-4-3-5-10(11)14(15,16)17/h3-8H,2,18H2,1H3,(H,19,21). The van der Waals surface area contributed by atoms with Gasteiger partial charge in [0.15, 0.2) is 0 Å². The van der Waals surface area contributed by atoms with Crippen LogP contribution < -0.4 is 11.1 Å². The zero-order valence-corrected chi connectivity index (χ0v) is 11.2. The van der Waals surface area contributed by atoms with E-state index in [1.54, 1.807) is 17.7 Å². The first-order valence-electron chi connectivity index (χ1n) is 6.26. The molecule has 2 aromatic rings. The van der Waals surface area contributed by atoms with E-state index in [4.69, 9.17) is 5.73 Å². The van der Waals surface area contributed by atoms with Crippen molar-refractivity contribution in [2.45, 2.75) is 19.6 Å². The van der Waals surface area contributed by atoms with Gasteiger partial charge in [0.05, 0.1) is 16.9 Å². The van der Waals surface area contributed by atoms with Gasteiger partial charge in [0.25, 0.3) is 5.91 Å². The first-order chi connectivity index (χ1) is 9.82. The molecule has 0 spiro atoms. The van der Waals surface area contributed by atoms with Crippen molar-refractivity contribution >= 4 is 17.3 Å². The number of aryl methyl sites for hydroxylation is 1. The summed E-state index contributed by atoms with van der Waals surface area (Å²) in [5, 5.41) is 2.29. The molecular formula is C14H14F3N3O. The molecule has 3 N–H and O–H groups in total. The number of nitrogens with one attached hydrogen (secondary N) is 1. The van der Waals surface area contributed by atoms with E-state index in [9.17, 15) is 18.0 Å². The number of anilines is 2. The zero-order valence-electron chi connectivity index (χ0n) is 11.2. The Morgan fingerprint density at radius 3 is 2.62 bits per heavy atom. The summed E-state index contributed by atoms with van der Waals surface area (Å²) in [6.45, 7) is 2.29. The van der Waals surface area contributed by atoms with Crippen molar-refractivity contribution in [3.63, 3.8) is 0 Å². The quantitative estimate of drug-likeness (QED) is 0.912. The Hall–Kier alpha value is -2.44. The number of hydrogen-bond donors (Lipinski definition) is 2. The van der Waals surface area contributed by atoms with Crippen molar-refractivity contribution < 1.29 is 18.0 Å². The van der Waals surface area contributed by atoms with Gasteiger partial charge in [0.1, 0.15) is 5.69 Å². The number of amides is 1. The minimum absolute atomic E-state index is 0.215. The largest absolute Gasteiger partial charge is 0.418 e. The van der Waals surface area contributed by atoms with Gasteiger partial charge >= 0.3 is 6.18 Å². The van der Waals surface area contributed by atoms with Crippen molar-refractivity contribution in [2.24, 2.45) is 0 Å². The van der Waals surface area contributed by atoms with Gasteiger partial charge in [-0.15, -0.1) is 0 Å². The van der Waals surface area contributed by atoms with E-state index in [0.717, 1.165) is 6.07 Å². The van der Waals surface area contributed by atoms with Gasteiger partial charge in [-0.25, -0.2) is 0 Å². The fourth-order valence-corrected chi connectivity index (χ4v) is 2.01. The Balaban J connectivity index is 2.32. The molecule has 1 heterocycles. The summed E-state index contributed by atoms with van der Waals surface area (Å²) < 4.78 is 40.2. The maximum Gasteiger partial charge on any atom is 0.418 e. The topological polar surface area (TPSA) is 60.0 Å². The smallest absolute Gasteiger partial charge is 0.397 e. The van der Waals surface area contributed by atoms with E-state index in [1.165, 1.54) is 24.3 Å². The van der Waals surface area contributed by atoms with Crippen LogP contribution in [0.2, 0.25) is 0 Å². The summed E-state index contributed by atoms with van der Waals surface area (Å²) in [5.74, 6) is -0.634. The third-order valence-electron chi connectivity index (χ3n) is 2.97. The molecular weight excluding hydrogens is 283 g/mol. The highest BCUT2D eigenvalue weighted by Gasteiger charge is 2.33. The van der Waals surface area contributed by atoms with Crippen LogP contribution >= 0.6 is 0 Å². The number of halogens is 3. The van der Waals surface area contributed by atoms with Crippen LogP contribution in [-0.4, -0.2) is 10.5 Å². The highest BCUT2D eigenvalue weighted by molar-refractivity contribution is 6.04. The Morgan fingerprint density at radius 1 is 1.33 bits per heavy atom. The van der Waals surface area contributed by atoms with Crippen molar-refractivity contribution in [1.29, 1.82) is 0 Å². The molecule has 2 rings (SSSR count). The molecule has 0 unspecified atom stereocenters. The fraction of sp³-hybridized carbons (Fsp3) is 0.214. The molecule has 1 amide bonds. The van der Waals surface area contributed by atoms with Gasteiger partial charge in [-0.3, -0.25) is 4.79 Å². The van der Waals surface area contributed by atoms with Gasteiger partial charge in [-0.2, -0.15) is 13.2 Å². The van der Waals surface area contributed by atoms with E-state index in [-0.39, 0.29) is 11.4 Å². The lowest BCUT2D eigenvalue weighted by Gasteiger charge is -2.14. The summed E-state index contributed by atoms with van der Waals surface area (Å²) in [6, 6.07) is 6.25. The molecule has 0 fully saturated rings. The molecule has 0 radical (unpaired) electrons. The number of carbonyl (C=O) groups is 1. The minimum Gasteiger partial charge on any atom is -0.397 e. The number of nitrogens with zero attached hydrogens (tertiary/aromatic N) is 1. The van der Waals surface area contributed by atoms with Crippen LogP contribution in [0.15, 0.2) is 36.5 Å². The second-order valence-corrected chi connectivity index (χ2v) is 4.44. The van der Waals surface area contributed by atoms with E-state index >= 15 is 0 Å². The number of hydrogen-bond acceptors (Lipinski definition) is 2. The second kappa shape index (κ2) is 5.51. The summed E-state index contributed by atoms with van der Waals surface area (Å²) in [4.78, 5) is 12.1. The number of carbonyl (C=O) groups excluding carboxylic acids is 1. The Labute approximate surface area is 119 Å². The van der Waals surface area contributed by atoms with Gasteiger partial charge < -0.3 is 15.6 Å². The van der Waals surface area contributed by atoms with E-state index in [2.05, 4.69) is 5.32 Å². The molecule has 4 nitrogen and oxygen atoms in total. The highest BCUT2D eigenvalue weighted by atomic mass is 19.4. The highest BCUT2D eigenvalue weighted by Crippen LogP contribution is 2.34. The van der Waals surface area contributed by atoms with Crippen LogP contribution in [0, 0.1) is 0 Å². The molecule has 7 heteroatoms. The first-order valence-corrected chi connectivity index (χ1v) is 6.26. The molecule has 0 atom stereocenters. The molecule has 0 aliphatic rings. The van der Waals surface area contributed by atoms with E-state index in [0.29, 0.717) is 12.2 Å². The third kappa shape index (κ3) is 3.18. The number of rotatable bonds is 3. The Kier molecular flexibility index (Phi) is 3.93. The average molecular weight is 297 g/mol. The van der Waals surface area contributed by atoms with Crippen LogP contribution in [0.25, 0.3) is 0 Å². The third-order valence-corrected chi connectivity index (χ3v) is 2.97. The molecule has 1 aromatic heterocycles. The molecule has 0 aliphatic carbocycles.